The number of ether oxygens (including phenoxy) is 1. The van der Waals surface area contributed by atoms with Crippen molar-refractivity contribution in [3.63, 3.8) is 0 Å². The van der Waals surface area contributed by atoms with E-state index in [-0.39, 0.29) is 6.61 Å². The van der Waals surface area contributed by atoms with Gasteiger partial charge in [-0.15, -0.1) is 11.3 Å². The van der Waals surface area contributed by atoms with E-state index in [2.05, 4.69) is 33.5 Å². The van der Waals surface area contributed by atoms with Crippen LogP contribution in [0.15, 0.2) is 33.5 Å². The van der Waals surface area contributed by atoms with E-state index in [1.165, 1.54) is 10.1 Å². The average molecular weight is 318 g/mol. The number of methoxy groups -OCH3 is 1. The van der Waals surface area contributed by atoms with Gasteiger partial charge in [0.2, 0.25) is 0 Å². The van der Waals surface area contributed by atoms with Crippen LogP contribution in [0.2, 0.25) is 0 Å². The Morgan fingerprint density at radius 2 is 2.33 bits per heavy atom. The molecule has 1 aromatic heterocycles. The van der Waals surface area contributed by atoms with Gasteiger partial charge in [0.15, 0.2) is 5.17 Å². The molecule has 21 heavy (non-hydrogen) atoms. The Kier molecular flexibility index (Phi) is 3.17. The number of thiophene rings is 1. The summed E-state index contributed by atoms with van der Waals surface area (Å²) in [5, 5.41) is 14.0. The van der Waals surface area contributed by atoms with Gasteiger partial charge in [0, 0.05) is 27.1 Å². The molecule has 0 atom stereocenters. The Balaban J connectivity index is 1.96. The van der Waals surface area contributed by atoms with Crippen LogP contribution in [0.5, 0.6) is 5.75 Å². The van der Waals surface area contributed by atoms with Gasteiger partial charge in [-0.3, -0.25) is 4.99 Å². The Hall–Kier alpha value is -1.50. The van der Waals surface area contributed by atoms with Crippen LogP contribution < -0.4 is 4.74 Å². The molecule has 0 unspecified atom stereocenters. The topological polar surface area (TPSA) is 45.1 Å². The van der Waals surface area contributed by atoms with E-state index in [1.807, 2.05) is 0 Å². The van der Waals surface area contributed by atoms with Gasteiger partial charge in [0.1, 0.15) is 5.75 Å². The molecule has 0 radical (unpaired) electrons. The number of hydrogen-bond donors (Lipinski definition) is 1. The average Bonchev–Trinajstić information content (AvgIpc) is 3.20. The van der Waals surface area contributed by atoms with Crippen LogP contribution >= 0.6 is 23.1 Å². The first-order chi connectivity index (χ1) is 10.3. The molecule has 6 heteroatoms. The van der Waals surface area contributed by atoms with Gasteiger partial charge < -0.3 is 14.7 Å². The van der Waals surface area contributed by atoms with Crippen molar-refractivity contribution in [2.45, 2.75) is 0 Å². The van der Waals surface area contributed by atoms with Crippen LogP contribution in [0.1, 0.15) is 5.56 Å². The Bertz CT molecular complexity index is 779. The lowest BCUT2D eigenvalue weighted by molar-refractivity contribution is 0.339. The quantitative estimate of drug-likeness (QED) is 0.945. The van der Waals surface area contributed by atoms with Gasteiger partial charge in [-0.05, 0) is 23.6 Å². The van der Waals surface area contributed by atoms with Crippen molar-refractivity contribution in [3.05, 3.63) is 34.0 Å². The minimum atomic E-state index is 0.0400. The number of fused-ring (bicyclic) bond motifs is 2. The fourth-order valence-electron chi connectivity index (χ4n) is 2.79. The molecule has 0 aliphatic carbocycles. The van der Waals surface area contributed by atoms with Gasteiger partial charge >= 0.3 is 0 Å². The molecule has 1 N–H and O–H groups in total. The SMILES string of the molecule is COc1cc(C2=C(CO)SC3=NCCN32)c2ccsc2c1. The predicted molar refractivity (Wildman–Crippen MR) is 89.0 cm³/mol. The maximum atomic E-state index is 9.71. The monoisotopic (exact) mass is 318 g/mol. The summed E-state index contributed by atoms with van der Waals surface area (Å²) in [5.74, 6) is 0.847. The summed E-state index contributed by atoms with van der Waals surface area (Å²) < 4.78 is 6.64. The maximum Gasteiger partial charge on any atom is 0.168 e. The van der Waals surface area contributed by atoms with Gasteiger partial charge in [0.25, 0.3) is 0 Å². The molecular weight excluding hydrogens is 304 g/mol. The molecule has 4 rings (SSSR count). The molecule has 0 saturated heterocycles. The van der Waals surface area contributed by atoms with Crippen LogP contribution in [-0.4, -0.2) is 42.0 Å². The Morgan fingerprint density at radius 1 is 1.43 bits per heavy atom. The fourth-order valence-corrected chi connectivity index (χ4v) is 4.68. The smallest absolute Gasteiger partial charge is 0.168 e. The van der Waals surface area contributed by atoms with Crippen LogP contribution in [0.4, 0.5) is 0 Å². The first-order valence-electron chi connectivity index (χ1n) is 6.71. The van der Waals surface area contributed by atoms with Gasteiger partial charge in [-0.25, -0.2) is 0 Å². The molecule has 2 aliphatic rings. The van der Waals surface area contributed by atoms with E-state index in [0.717, 1.165) is 40.2 Å². The van der Waals surface area contributed by atoms with Crippen LogP contribution in [0.3, 0.4) is 0 Å². The van der Waals surface area contributed by atoms with Crippen molar-refractivity contribution in [2.24, 2.45) is 4.99 Å². The third-order valence-electron chi connectivity index (χ3n) is 3.73. The zero-order valence-electron chi connectivity index (χ0n) is 11.5. The lowest BCUT2D eigenvalue weighted by Gasteiger charge is -2.18. The zero-order chi connectivity index (χ0) is 14.4. The van der Waals surface area contributed by atoms with E-state index in [1.54, 1.807) is 30.2 Å². The normalized spacial score (nSPS) is 17.6. The number of rotatable bonds is 3. The number of thioether (sulfide) groups is 1. The summed E-state index contributed by atoms with van der Waals surface area (Å²) in [6.45, 7) is 1.74. The minimum absolute atomic E-state index is 0.0400. The van der Waals surface area contributed by atoms with E-state index < -0.39 is 0 Å². The Labute approximate surface area is 130 Å². The van der Waals surface area contributed by atoms with Gasteiger partial charge in [-0.1, -0.05) is 11.8 Å². The fraction of sp³-hybridized carbons (Fsp3) is 0.267. The molecular formula is C15H14N2O2S2. The maximum absolute atomic E-state index is 9.71. The summed E-state index contributed by atoms with van der Waals surface area (Å²) in [6, 6.07) is 6.25. The second-order valence-electron chi connectivity index (χ2n) is 4.86. The molecule has 2 aromatic rings. The molecule has 1 aromatic carbocycles. The van der Waals surface area contributed by atoms with Crippen LogP contribution in [0, 0.1) is 0 Å². The first-order valence-corrected chi connectivity index (χ1v) is 8.41. The standard InChI is InChI=1S/C15H14N2O2S2/c1-19-9-6-11(10-2-5-20-12(10)7-9)14-13(8-18)21-15-16-3-4-17(14)15/h2,5-7,18H,3-4,8H2,1H3. The number of amidine groups is 1. The first kappa shape index (κ1) is 13.2. The minimum Gasteiger partial charge on any atom is -0.497 e. The largest absolute Gasteiger partial charge is 0.497 e. The lowest BCUT2D eigenvalue weighted by Crippen LogP contribution is -2.20. The number of nitrogens with zero attached hydrogens (tertiary/aromatic N) is 2. The lowest BCUT2D eigenvalue weighted by atomic mass is 10.1. The molecule has 108 valence electrons. The molecule has 3 heterocycles. The van der Waals surface area contributed by atoms with Crippen molar-refractivity contribution < 1.29 is 9.84 Å². The molecule has 0 spiro atoms. The van der Waals surface area contributed by atoms with E-state index in [9.17, 15) is 5.11 Å². The molecule has 4 nitrogen and oxygen atoms in total. The van der Waals surface area contributed by atoms with E-state index >= 15 is 0 Å². The molecule has 2 aliphatic heterocycles. The highest BCUT2D eigenvalue weighted by Gasteiger charge is 2.33. The number of aliphatic imine (C=N–C) groups is 1. The molecule has 0 saturated carbocycles. The van der Waals surface area contributed by atoms with Crippen molar-refractivity contribution in [1.29, 1.82) is 0 Å². The summed E-state index contributed by atoms with van der Waals surface area (Å²) in [5.41, 5.74) is 2.20. The second kappa shape index (κ2) is 5.05. The summed E-state index contributed by atoms with van der Waals surface area (Å²) in [6.07, 6.45) is 0. The van der Waals surface area contributed by atoms with Crippen LogP contribution in [0.25, 0.3) is 15.8 Å². The van der Waals surface area contributed by atoms with Crippen molar-refractivity contribution in [3.8, 4) is 5.75 Å². The number of aliphatic hydroxyl groups excluding tert-OH is 1. The number of aliphatic hydroxyl groups is 1. The predicted octanol–water partition coefficient (Wildman–Crippen LogP) is 2.99. The third kappa shape index (κ3) is 1.97. The number of hydrogen-bond acceptors (Lipinski definition) is 6. The highest BCUT2D eigenvalue weighted by Crippen LogP contribution is 2.44. The highest BCUT2D eigenvalue weighted by atomic mass is 32.2. The highest BCUT2D eigenvalue weighted by molar-refractivity contribution is 8.17. The third-order valence-corrected chi connectivity index (χ3v) is 5.69. The molecule has 0 fully saturated rings. The van der Waals surface area contributed by atoms with Crippen LogP contribution in [-0.2, 0) is 0 Å². The van der Waals surface area contributed by atoms with Gasteiger partial charge in [0.05, 0.1) is 26.0 Å². The summed E-state index contributed by atoms with van der Waals surface area (Å²) in [4.78, 5) is 7.68. The molecule has 0 amide bonds. The summed E-state index contributed by atoms with van der Waals surface area (Å²) in [7, 11) is 1.69. The van der Waals surface area contributed by atoms with E-state index in [4.69, 9.17) is 4.74 Å². The van der Waals surface area contributed by atoms with Crippen molar-refractivity contribution in [2.75, 3.05) is 26.8 Å². The van der Waals surface area contributed by atoms with E-state index in [0.29, 0.717) is 0 Å². The molecule has 0 bridgehead atoms. The van der Waals surface area contributed by atoms with Crippen molar-refractivity contribution >= 4 is 44.0 Å². The zero-order valence-corrected chi connectivity index (χ0v) is 13.1. The van der Waals surface area contributed by atoms with Gasteiger partial charge in [-0.2, -0.15) is 0 Å². The number of benzene rings is 1. The second-order valence-corrected chi connectivity index (χ2v) is 6.87. The summed E-state index contributed by atoms with van der Waals surface area (Å²) >= 11 is 3.28. The van der Waals surface area contributed by atoms with Crippen molar-refractivity contribution in [1.82, 2.24) is 4.90 Å². The Morgan fingerprint density at radius 3 is 3.14 bits per heavy atom.